The Morgan fingerprint density at radius 1 is 1.58 bits per heavy atom. The molecular formula is C9H11N3. The molecule has 3 heteroatoms. The van der Waals surface area contributed by atoms with Crippen LogP contribution in [-0.2, 0) is 6.54 Å². The van der Waals surface area contributed by atoms with Crippen molar-refractivity contribution in [3.05, 3.63) is 30.2 Å². The highest BCUT2D eigenvalue weighted by molar-refractivity contribution is 5.78. The molecule has 2 heterocycles. The Kier molecular flexibility index (Phi) is 1.80. The quantitative estimate of drug-likeness (QED) is 0.696. The Bertz CT molecular complexity index is 345. The molecule has 0 radical (unpaired) electrons. The fourth-order valence-electron chi connectivity index (χ4n) is 1.32. The van der Waals surface area contributed by atoms with E-state index in [-0.39, 0.29) is 0 Å². The summed E-state index contributed by atoms with van der Waals surface area (Å²) < 4.78 is 0. The van der Waals surface area contributed by atoms with Crippen molar-refractivity contribution in [1.82, 2.24) is 15.3 Å². The van der Waals surface area contributed by atoms with Crippen LogP contribution in [0.4, 0.5) is 0 Å². The van der Waals surface area contributed by atoms with Gasteiger partial charge in [-0.05, 0) is 19.2 Å². The number of nitrogens with one attached hydrogen (secondary N) is 2. The number of H-pyrrole nitrogens is 1. The Labute approximate surface area is 70.8 Å². The monoisotopic (exact) mass is 161 g/mol. The van der Waals surface area contributed by atoms with Gasteiger partial charge in [0.25, 0.3) is 0 Å². The molecule has 0 saturated heterocycles. The fraction of sp³-hybridized carbons (Fsp3) is 0.222. The third-order valence-corrected chi connectivity index (χ3v) is 1.84. The van der Waals surface area contributed by atoms with Crippen molar-refractivity contribution < 1.29 is 0 Å². The van der Waals surface area contributed by atoms with Crippen molar-refractivity contribution in [3.63, 3.8) is 0 Å². The lowest BCUT2D eigenvalue weighted by Gasteiger charge is -1.91. The van der Waals surface area contributed by atoms with E-state index >= 15 is 0 Å². The van der Waals surface area contributed by atoms with Crippen LogP contribution >= 0.6 is 0 Å². The van der Waals surface area contributed by atoms with Gasteiger partial charge < -0.3 is 10.3 Å². The molecule has 0 bridgehead atoms. The van der Waals surface area contributed by atoms with Crippen LogP contribution in [0.5, 0.6) is 0 Å². The third kappa shape index (κ3) is 1.19. The first-order valence-corrected chi connectivity index (χ1v) is 3.96. The van der Waals surface area contributed by atoms with Crippen LogP contribution in [0.25, 0.3) is 10.9 Å². The molecule has 0 amide bonds. The van der Waals surface area contributed by atoms with E-state index in [2.05, 4.69) is 21.4 Å². The van der Waals surface area contributed by atoms with Crippen LogP contribution in [0, 0.1) is 0 Å². The van der Waals surface area contributed by atoms with E-state index in [0.717, 1.165) is 12.1 Å². The second-order valence-electron chi connectivity index (χ2n) is 2.79. The first-order chi connectivity index (χ1) is 5.90. The van der Waals surface area contributed by atoms with Crippen LogP contribution in [0.15, 0.2) is 24.5 Å². The van der Waals surface area contributed by atoms with Gasteiger partial charge in [0.1, 0.15) is 0 Å². The van der Waals surface area contributed by atoms with Gasteiger partial charge in [-0.1, -0.05) is 0 Å². The van der Waals surface area contributed by atoms with E-state index in [1.165, 1.54) is 11.1 Å². The Hall–Kier alpha value is -1.35. The molecule has 62 valence electrons. The molecule has 12 heavy (non-hydrogen) atoms. The molecule has 0 aliphatic heterocycles. The van der Waals surface area contributed by atoms with E-state index in [9.17, 15) is 0 Å². The highest BCUT2D eigenvalue weighted by Gasteiger charge is 1.97. The molecule has 2 N–H and O–H groups in total. The van der Waals surface area contributed by atoms with Crippen LogP contribution in [0.3, 0.4) is 0 Å². The van der Waals surface area contributed by atoms with Gasteiger partial charge in [0.15, 0.2) is 0 Å². The molecular weight excluding hydrogens is 150 g/mol. The molecule has 2 aromatic heterocycles. The lowest BCUT2D eigenvalue weighted by Crippen LogP contribution is -2.04. The maximum absolute atomic E-state index is 4.05. The van der Waals surface area contributed by atoms with Gasteiger partial charge in [-0.15, -0.1) is 0 Å². The summed E-state index contributed by atoms with van der Waals surface area (Å²) in [6, 6.07) is 4.09. The Morgan fingerprint density at radius 3 is 3.25 bits per heavy atom. The normalized spacial score (nSPS) is 10.8. The molecule has 0 atom stereocenters. The summed E-state index contributed by atoms with van der Waals surface area (Å²) in [4.78, 5) is 7.34. The summed E-state index contributed by atoms with van der Waals surface area (Å²) in [5.41, 5.74) is 2.34. The second kappa shape index (κ2) is 2.95. The lowest BCUT2D eigenvalue weighted by molar-refractivity contribution is 0.800. The number of aromatic nitrogens is 2. The van der Waals surface area contributed by atoms with Gasteiger partial charge in [0, 0.05) is 35.5 Å². The largest absolute Gasteiger partial charge is 0.357 e. The number of hydrogen-bond donors (Lipinski definition) is 2. The Morgan fingerprint density at radius 2 is 2.50 bits per heavy atom. The standard InChI is InChI=1S/C9H11N3/c1-10-6-8-4-7-5-11-3-2-9(7)12-8/h2-5,10,12H,6H2,1H3. The minimum Gasteiger partial charge on any atom is -0.357 e. The zero-order valence-electron chi connectivity index (χ0n) is 6.96. The van der Waals surface area contributed by atoms with Gasteiger partial charge in [-0.25, -0.2) is 0 Å². The summed E-state index contributed by atoms with van der Waals surface area (Å²) in [6.07, 6.45) is 3.66. The first-order valence-electron chi connectivity index (χ1n) is 3.96. The van der Waals surface area contributed by atoms with Gasteiger partial charge in [-0.3, -0.25) is 4.98 Å². The third-order valence-electron chi connectivity index (χ3n) is 1.84. The van der Waals surface area contributed by atoms with Crippen LogP contribution < -0.4 is 5.32 Å². The highest BCUT2D eigenvalue weighted by Crippen LogP contribution is 2.12. The molecule has 0 aliphatic rings. The van der Waals surface area contributed by atoms with E-state index in [1.54, 1.807) is 6.20 Å². The van der Waals surface area contributed by atoms with Crippen LogP contribution in [0.1, 0.15) is 5.69 Å². The lowest BCUT2D eigenvalue weighted by atomic mass is 10.3. The van der Waals surface area contributed by atoms with Crippen molar-refractivity contribution in [2.75, 3.05) is 7.05 Å². The van der Waals surface area contributed by atoms with Crippen molar-refractivity contribution in [2.45, 2.75) is 6.54 Å². The van der Waals surface area contributed by atoms with E-state index in [4.69, 9.17) is 0 Å². The zero-order chi connectivity index (χ0) is 8.39. The second-order valence-corrected chi connectivity index (χ2v) is 2.79. The number of fused-ring (bicyclic) bond motifs is 1. The molecule has 0 spiro atoms. The topological polar surface area (TPSA) is 40.7 Å². The number of aromatic amines is 1. The van der Waals surface area contributed by atoms with Crippen molar-refractivity contribution in [2.24, 2.45) is 0 Å². The Balaban J connectivity index is 2.47. The highest BCUT2D eigenvalue weighted by atomic mass is 14.9. The molecule has 3 nitrogen and oxygen atoms in total. The number of pyridine rings is 1. The smallest absolute Gasteiger partial charge is 0.0487 e. The summed E-state index contributed by atoms with van der Waals surface area (Å²) in [7, 11) is 1.93. The molecule has 0 unspecified atom stereocenters. The van der Waals surface area contributed by atoms with Gasteiger partial charge >= 0.3 is 0 Å². The summed E-state index contributed by atoms with van der Waals surface area (Å²) in [5.74, 6) is 0. The molecule has 0 aliphatic carbocycles. The maximum Gasteiger partial charge on any atom is 0.0487 e. The fourth-order valence-corrected chi connectivity index (χ4v) is 1.32. The summed E-state index contributed by atoms with van der Waals surface area (Å²) >= 11 is 0. The van der Waals surface area contributed by atoms with E-state index < -0.39 is 0 Å². The number of nitrogens with zero attached hydrogens (tertiary/aromatic N) is 1. The first kappa shape index (κ1) is 7.31. The van der Waals surface area contributed by atoms with Gasteiger partial charge in [0.05, 0.1) is 0 Å². The van der Waals surface area contributed by atoms with Crippen molar-refractivity contribution in [1.29, 1.82) is 0 Å². The zero-order valence-corrected chi connectivity index (χ0v) is 6.96. The summed E-state index contributed by atoms with van der Waals surface area (Å²) in [5, 5.41) is 4.26. The van der Waals surface area contributed by atoms with Crippen LogP contribution in [-0.4, -0.2) is 17.0 Å². The van der Waals surface area contributed by atoms with E-state index in [1.807, 2.05) is 19.3 Å². The molecule has 0 aromatic carbocycles. The number of rotatable bonds is 2. The maximum atomic E-state index is 4.05. The molecule has 0 saturated carbocycles. The SMILES string of the molecule is CNCc1cc2cnccc2[nH]1. The molecule has 2 aromatic rings. The summed E-state index contributed by atoms with van der Waals surface area (Å²) in [6.45, 7) is 0.870. The molecule has 2 rings (SSSR count). The minimum atomic E-state index is 0.870. The van der Waals surface area contributed by atoms with Crippen molar-refractivity contribution in [3.8, 4) is 0 Å². The van der Waals surface area contributed by atoms with Gasteiger partial charge in [0.2, 0.25) is 0 Å². The predicted octanol–water partition coefficient (Wildman–Crippen LogP) is 1.28. The predicted molar refractivity (Wildman–Crippen MR) is 48.9 cm³/mol. The molecule has 0 fully saturated rings. The average Bonchev–Trinajstić information content (AvgIpc) is 2.47. The minimum absolute atomic E-state index is 0.870. The van der Waals surface area contributed by atoms with Gasteiger partial charge in [-0.2, -0.15) is 0 Å². The number of hydrogen-bond acceptors (Lipinski definition) is 2. The van der Waals surface area contributed by atoms with E-state index in [0.29, 0.717) is 0 Å². The van der Waals surface area contributed by atoms with Crippen LogP contribution in [0.2, 0.25) is 0 Å². The average molecular weight is 161 g/mol. The van der Waals surface area contributed by atoms with Crippen molar-refractivity contribution >= 4 is 10.9 Å².